The van der Waals surface area contributed by atoms with Gasteiger partial charge in [0.25, 0.3) is 5.92 Å². The van der Waals surface area contributed by atoms with Crippen LogP contribution in [0.15, 0.2) is 0 Å². The molecule has 1 nitrogen and oxygen atoms in total. The van der Waals surface area contributed by atoms with Gasteiger partial charge in [0, 0.05) is 12.3 Å². The molecule has 0 aromatic carbocycles. The lowest BCUT2D eigenvalue weighted by atomic mass is 9.84. The van der Waals surface area contributed by atoms with E-state index in [1.807, 2.05) is 0 Å². The van der Waals surface area contributed by atoms with Crippen molar-refractivity contribution in [1.29, 1.82) is 0 Å². The van der Waals surface area contributed by atoms with Gasteiger partial charge in [-0.05, 0) is 12.8 Å². The first kappa shape index (κ1) is 9.10. The van der Waals surface area contributed by atoms with Crippen molar-refractivity contribution in [3.8, 4) is 0 Å². The summed E-state index contributed by atoms with van der Waals surface area (Å²) in [4.78, 5) is 11.5. The van der Waals surface area contributed by atoms with Gasteiger partial charge >= 0.3 is 0 Å². The third kappa shape index (κ3) is 1.74. The quantitative estimate of drug-likeness (QED) is 0.651. The van der Waals surface area contributed by atoms with E-state index in [9.17, 15) is 13.6 Å². The Balaban J connectivity index is 1.90. The molecule has 0 aromatic rings. The normalized spacial score (nSPS) is 32.9. The molecule has 0 aromatic heterocycles. The van der Waals surface area contributed by atoms with Crippen molar-refractivity contribution in [2.75, 3.05) is 0 Å². The lowest BCUT2D eigenvalue weighted by Crippen LogP contribution is -2.21. The molecule has 0 N–H and O–H groups in total. The third-order valence-electron chi connectivity index (χ3n) is 3.18. The van der Waals surface area contributed by atoms with Gasteiger partial charge in [0.2, 0.25) is 0 Å². The number of ketones is 1. The van der Waals surface area contributed by atoms with Gasteiger partial charge in [-0.3, -0.25) is 4.79 Å². The second-order valence-corrected chi connectivity index (χ2v) is 4.26. The molecule has 0 aliphatic heterocycles. The molecule has 0 heterocycles. The number of carbonyl (C=O) groups is 1. The SMILES string of the molecule is O=C(C1CCCCC1)[C@H]1CC1(F)F. The summed E-state index contributed by atoms with van der Waals surface area (Å²) in [7, 11) is 0. The van der Waals surface area contributed by atoms with E-state index in [-0.39, 0.29) is 18.1 Å². The maximum Gasteiger partial charge on any atom is 0.258 e. The number of alkyl halides is 2. The summed E-state index contributed by atoms with van der Waals surface area (Å²) in [6.07, 6.45) is 4.72. The molecule has 2 aliphatic rings. The Morgan fingerprint density at radius 2 is 1.69 bits per heavy atom. The molecule has 3 heteroatoms. The third-order valence-corrected chi connectivity index (χ3v) is 3.18. The molecule has 2 saturated carbocycles. The minimum Gasteiger partial charge on any atom is -0.299 e. The summed E-state index contributed by atoms with van der Waals surface area (Å²) in [5.41, 5.74) is 0. The van der Waals surface area contributed by atoms with Crippen LogP contribution in [0.2, 0.25) is 0 Å². The van der Waals surface area contributed by atoms with Crippen molar-refractivity contribution >= 4 is 5.78 Å². The summed E-state index contributed by atoms with van der Waals surface area (Å²) in [5.74, 6) is -3.79. The van der Waals surface area contributed by atoms with Crippen LogP contribution in [0.25, 0.3) is 0 Å². The van der Waals surface area contributed by atoms with Crippen molar-refractivity contribution in [2.24, 2.45) is 11.8 Å². The van der Waals surface area contributed by atoms with Crippen molar-refractivity contribution in [1.82, 2.24) is 0 Å². The van der Waals surface area contributed by atoms with Crippen LogP contribution in [-0.2, 0) is 4.79 Å². The average Bonchev–Trinajstić information content (AvgIpc) is 2.76. The molecule has 2 aliphatic carbocycles. The second-order valence-electron chi connectivity index (χ2n) is 4.26. The molecule has 74 valence electrons. The van der Waals surface area contributed by atoms with Gasteiger partial charge in [-0.1, -0.05) is 19.3 Å². The highest BCUT2D eigenvalue weighted by Gasteiger charge is 2.61. The van der Waals surface area contributed by atoms with E-state index < -0.39 is 11.8 Å². The summed E-state index contributed by atoms with van der Waals surface area (Å²) >= 11 is 0. The van der Waals surface area contributed by atoms with Crippen LogP contribution in [-0.4, -0.2) is 11.7 Å². The van der Waals surface area contributed by atoms with Gasteiger partial charge in [0.15, 0.2) is 0 Å². The first-order chi connectivity index (χ1) is 6.11. The predicted octanol–water partition coefficient (Wildman–Crippen LogP) is 2.79. The maximum absolute atomic E-state index is 12.6. The molecule has 2 rings (SSSR count). The fourth-order valence-corrected chi connectivity index (χ4v) is 2.19. The highest BCUT2D eigenvalue weighted by molar-refractivity contribution is 5.87. The number of halogens is 2. The number of hydrogen-bond acceptors (Lipinski definition) is 1. The van der Waals surface area contributed by atoms with Gasteiger partial charge in [0.1, 0.15) is 5.78 Å². The topological polar surface area (TPSA) is 17.1 Å². The second kappa shape index (κ2) is 3.03. The molecule has 0 radical (unpaired) electrons. The van der Waals surface area contributed by atoms with Gasteiger partial charge in [-0.25, -0.2) is 8.78 Å². The van der Waals surface area contributed by atoms with Crippen LogP contribution in [0, 0.1) is 11.8 Å². The van der Waals surface area contributed by atoms with Crippen molar-refractivity contribution in [2.45, 2.75) is 44.4 Å². The Hall–Kier alpha value is -0.470. The molecular weight excluding hydrogens is 174 g/mol. The Kier molecular flexibility index (Phi) is 2.12. The zero-order valence-corrected chi connectivity index (χ0v) is 7.56. The van der Waals surface area contributed by atoms with E-state index in [2.05, 4.69) is 0 Å². The molecule has 1 atom stereocenters. The average molecular weight is 188 g/mol. The number of Topliss-reactive ketones (excluding diaryl/α,β-unsaturated/α-hetero) is 1. The van der Waals surface area contributed by atoms with Gasteiger partial charge in [-0.2, -0.15) is 0 Å². The Bertz CT molecular complexity index is 219. The maximum atomic E-state index is 12.6. The minimum atomic E-state index is -2.66. The largest absolute Gasteiger partial charge is 0.299 e. The van der Waals surface area contributed by atoms with E-state index in [0.29, 0.717) is 0 Å². The lowest BCUT2D eigenvalue weighted by Gasteiger charge is -2.19. The Morgan fingerprint density at radius 1 is 1.15 bits per heavy atom. The van der Waals surface area contributed by atoms with Crippen molar-refractivity contribution < 1.29 is 13.6 Å². The number of hydrogen-bond donors (Lipinski definition) is 0. The smallest absolute Gasteiger partial charge is 0.258 e. The van der Waals surface area contributed by atoms with Gasteiger partial charge in [0.05, 0.1) is 5.92 Å². The first-order valence-electron chi connectivity index (χ1n) is 5.03. The molecular formula is C10H14F2O. The Labute approximate surface area is 76.5 Å². The summed E-state index contributed by atoms with van der Waals surface area (Å²) in [5, 5.41) is 0. The van der Waals surface area contributed by atoms with Crippen molar-refractivity contribution in [3.63, 3.8) is 0 Å². The zero-order valence-electron chi connectivity index (χ0n) is 7.56. The number of rotatable bonds is 2. The van der Waals surface area contributed by atoms with Crippen LogP contribution < -0.4 is 0 Å². The molecule has 2 fully saturated rings. The fraction of sp³-hybridized carbons (Fsp3) is 0.900. The Morgan fingerprint density at radius 3 is 2.15 bits per heavy atom. The molecule has 0 spiro atoms. The molecule has 0 amide bonds. The van der Waals surface area contributed by atoms with Crippen LogP contribution >= 0.6 is 0 Å². The monoisotopic (exact) mass is 188 g/mol. The first-order valence-corrected chi connectivity index (χ1v) is 5.03. The predicted molar refractivity (Wildman–Crippen MR) is 44.6 cm³/mol. The van der Waals surface area contributed by atoms with Crippen LogP contribution in [0.1, 0.15) is 38.5 Å². The van der Waals surface area contributed by atoms with Crippen molar-refractivity contribution in [3.05, 3.63) is 0 Å². The molecule has 13 heavy (non-hydrogen) atoms. The van der Waals surface area contributed by atoms with E-state index in [4.69, 9.17) is 0 Å². The highest BCUT2D eigenvalue weighted by atomic mass is 19.3. The zero-order chi connectivity index (χ0) is 9.47. The molecule has 0 saturated heterocycles. The van der Waals surface area contributed by atoms with E-state index >= 15 is 0 Å². The summed E-state index contributed by atoms with van der Waals surface area (Å²) in [6.45, 7) is 0. The highest BCUT2D eigenvalue weighted by Crippen LogP contribution is 2.51. The molecule has 0 bridgehead atoms. The number of carbonyl (C=O) groups excluding carboxylic acids is 1. The van der Waals surface area contributed by atoms with Crippen LogP contribution in [0.3, 0.4) is 0 Å². The molecule has 0 unspecified atom stereocenters. The summed E-state index contributed by atoms with van der Waals surface area (Å²) < 4.78 is 25.2. The minimum absolute atomic E-state index is 0.0490. The van der Waals surface area contributed by atoms with E-state index in [1.165, 1.54) is 0 Å². The summed E-state index contributed by atoms with van der Waals surface area (Å²) in [6, 6.07) is 0. The van der Waals surface area contributed by atoms with Crippen LogP contribution in [0.4, 0.5) is 8.78 Å². The van der Waals surface area contributed by atoms with Crippen LogP contribution in [0.5, 0.6) is 0 Å². The van der Waals surface area contributed by atoms with E-state index in [0.717, 1.165) is 32.1 Å². The van der Waals surface area contributed by atoms with E-state index in [1.54, 1.807) is 0 Å². The van der Waals surface area contributed by atoms with Gasteiger partial charge < -0.3 is 0 Å². The fourth-order valence-electron chi connectivity index (χ4n) is 2.19. The van der Waals surface area contributed by atoms with Gasteiger partial charge in [-0.15, -0.1) is 0 Å². The lowest BCUT2D eigenvalue weighted by molar-refractivity contribution is -0.127. The standard InChI is InChI=1S/C10H14F2O/c11-10(12)6-8(10)9(13)7-4-2-1-3-5-7/h7-8H,1-6H2/t8-/m1/s1.